The summed E-state index contributed by atoms with van der Waals surface area (Å²) >= 11 is 6.56. The molecule has 7 heterocycles. The predicted octanol–water partition coefficient (Wildman–Crippen LogP) is 2.24. The van der Waals surface area contributed by atoms with Gasteiger partial charge in [-0.25, -0.2) is 19.4 Å². The number of amides is 4. The minimum Gasteiger partial charge on any atom is -0.477 e. The van der Waals surface area contributed by atoms with Crippen LogP contribution in [0.4, 0.5) is 18.9 Å². The second-order valence-corrected chi connectivity index (χ2v) is 16.7. The van der Waals surface area contributed by atoms with Crippen molar-refractivity contribution in [2.45, 2.75) is 25.6 Å². The van der Waals surface area contributed by atoms with Crippen LogP contribution in [0.3, 0.4) is 0 Å². The van der Waals surface area contributed by atoms with Crippen LogP contribution in [0.5, 0.6) is 0 Å². The SMILES string of the molecule is Cn1c(-c2cn(-c3cc4nn(CC(N)=O)cc4cn3)nc2C(F)(F)F)cnc1C(=O)Nc1ccc(C(=O)N2CCN(C(=O)C3CC[N+](CC(=O)O)(CC4CNC4)CC3)CC2)c(Cl)c1. The zero-order valence-corrected chi connectivity index (χ0v) is 34.8. The lowest BCUT2D eigenvalue weighted by atomic mass is 9.90. The Morgan fingerprint density at radius 3 is 2.33 bits per heavy atom. The van der Waals surface area contributed by atoms with E-state index in [-0.39, 0.29) is 83.1 Å². The molecule has 63 heavy (non-hydrogen) atoms. The van der Waals surface area contributed by atoms with E-state index in [2.05, 4.69) is 30.8 Å². The third-order valence-corrected chi connectivity index (χ3v) is 12.3. The highest BCUT2D eigenvalue weighted by molar-refractivity contribution is 6.34. The Morgan fingerprint density at radius 1 is 0.984 bits per heavy atom. The number of carbonyl (C=O) groups excluding carboxylic acids is 4. The first-order valence-corrected chi connectivity index (χ1v) is 20.6. The summed E-state index contributed by atoms with van der Waals surface area (Å²) in [4.78, 5) is 75.2. The minimum absolute atomic E-state index is 0.00888. The van der Waals surface area contributed by atoms with Gasteiger partial charge in [0.1, 0.15) is 6.54 Å². The maximum absolute atomic E-state index is 14.3. The molecule has 0 aliphatic carbocycles. The van der Waals surface area contributed by atoms with E-state index in [1.54, 1.807) is 9.80 Å². The molecule has 0 unspecified atom stereocenters. The summed E-state index contributed by atoms with van der Waals surface area (Å²) in [6, 6.07) is 5.72. The van der Waals surface area contributed by atoms with Gasteiger partial charge in [-0.1, -0.05) is 11.6 Å². The molecule has 8 rings (SSSR count). The number of pyridine rings is 1. The molecular weight excluding hydrogens is 851 g/mol. The van der Waals surface area contributed by atoms with Gasteiger partial charge in [0, 0.05) is 107 Å². The Bertz CT molecular complexity index is 2610. The van der Waals surface area contributed by atoms with Crippen molar-refractivity contribution in [1.82, 2.24) is 49.2 Å². The second kappa shape index (κ2) is 17.1. The number of benzene rings is 1. The third-order valence-electron chi connectivity index (χ3n) is 12.0. The van der Waals surface area contributed by atoms with Gasteiger partial charge in [-0.3, -0.25) is 23.9 Å². The number of primary amides is 1. The largest absolute Gasteiger partial charge is 0.477 e. The van der Waals surface area contributed by atoms with Crippen LogP contribution in [0.15, 0.2) is 49.1 Å². The van der Waals surface area contributed by atoms with Crippen molar-refractivity contribution >= 4 is 57.8 Å². The number of piperidine rings is 1. The summed E-state index contributed by atoms with van der Waals surface area (Å²) in [5, 5.41) is 24.0. The number of carbonyl (C=O) groups is 5. The van der Waals surface area contributed by atoms with Gasteiger partial charge in [0.05, 0.1) is 53.2 Å². The van der Waals surface area contributed by atoms with E-state index in [1.165, 1.54) is 53.0 Å². The third kappa shape index (κ3) is 9.09. The zero-order valence-electron chi connectivity index (χ0n) is 34.0. The Labute approximate surface area is 362 Å². The van der Waals surface area contributed by atoms with Crippen LogP contribution in [0.2, 0.25) is 5.02 Å². The maximum Gasteiger partial charge on any atom is 0.435 e. The number of carboxylic acid groups (broad SMARTS) is 1. The number of nitrogens with zero attached hydrogens (tertiary/aromatic N) is 10. The number of quaternary nitrogens is 1. The minimum atomic E-state index is -4.90. The van der Waals surface area contributed by atoms with Gasteiger partial charge in [-0.2, -0.15) is 23.4 Å². The predicted molar refractivity (Wildman–Crippen MR) is 219 cm³/mol. The normalized spacial score (nSPS) is 19.5. The molecular formula is C40H44ClF3N13O6+. The first kappa shape index (κ1) is 43.3. The van der Waals surface area contributed by atoms with Gasteiger partial charge in [0.25, 0.3) is 11.8 Å². The number of rotatable bonds is 12. The van der Waals surface area contributed by atoms with Crippen LogP contribution in [0, 0.1) is 11.8 Å². The van der Waals surface area contributed by atoms with Crippen LogP contribution >= 0.6 is 11.6 Å². The van der Waals surface area contributed by atoms with Crippen LogP contribution in [-0.4, -0.2) is 149 Å². The fourth-order valence-corrected chi connectivity index (χ4v) is 8.94. The number of hydrogen-bond donors (Lipinski definition) is 4. The molecule has 3 saturated heterocycles. The van der Waals surface area contributed by atoms with Crippen molar-refractivity contribution in [2.24, 2.45) is 24.6 Å². The lowest BCUT2D eigenvalue weighted by Crippen LogP contribution is -2.62. The highest BCUT2D eigenvalue weighted by Crippen LogP contribution is 2.37. The van der Waals surface area contributed by atoms with Gasteiger partial charge in [-0.05, 0) is 18.2 Å². The van der Waals surface area contributed by atoms with E-state index in [9.17, 15) is 42.3 Å². The van der Waals surface area contributed by atoms with E-state index in [0.717, 1.165) is 36.7 Å². The van der Waals surface area contributed by atoms with Gasteiger partial charge in [-0.15, -0.1) is 0 Å². The Hall–Kier alpha value is -6.39. The van der Waals surface area contributed by atoms with Crippen LogP contribution in [0.25, 0.3) is 28.0 Å². The number of hydrogen-bond acceptors (Lipinski definition) is 10. The highest BCUT2D eigenvalue weighted by Gasteiger charge is 2.43. The Kier molecular flexibility index (Phi) is 11.7. The smallest absolute Gasteiger partial charge is 0.435 e. The van der Waals surface area contributed by atoms with Crippen LogP contribution < -0.4 is 16.4 Å². The average Bonchev–Trinajstić information content (AvgIpc) is 3.95. The molecule has 5 aromatic rings. The molecule has 0 atom stereocenters. The number of piperazine rings is 1. The summed E-state index contributed by atoms with van der Waals surface area (Å²) in [6.45, 7) is 4.94. The molecule has 0 spiro atoms. The van der Waals surface area contributed by atoms with Crippen molar-refractivity contribution in [3.05, 3.63) is 71.2 Å². The van der Waals surface area contributed by atoms with Gasteiger partial charge in [0.2, 0.25) is 11.8 Å². The van der Waals surface area contributed by atoms with Crippen molar-refractivity contribution < 1.29 is 46.7 Å². The number of fused-ring (bicyclic) bond motifs is 1. The highest BCUT2D eigenvalue weighted by atomic mass is 35.5. The standard InChI is InChI=1S/C40H43ClF3N13O6/c1-52-31(28-19-56(51-35(28)40(42,43)44)33-13-30-25(16-47-33)18-55(50-30)20-32(45)58)17-48-36(52)37(61)49-26-2-3-27(29(41)12-26)39(63)54-8-6-53(7-9-54)38(62)24-4-10-57(11-5-24,22-34(59)60)21-23-14-46-15-23/h2-3,12-13,16-19,23-24,46H,4-11,14-15,20-22H2,1H3,(H3-,45,49,58,59,60,61,63)/p+1. The van der Waals surface area contributed by atoms with Crippen LogP contribution in [-0.2, 0) is 34.2 Å². The number of imidazole rings is 1. The monoisotopic (exact) mass is 894 g/mol. The molecule has 19 nitrogen and oxygen atoms in total. The second-order valence-electron chi connectivity index (χ2n) is 16.3. The van der Waals surface area contributed by atoms with E-state index in [0.29, 0.717) is 60.3 Å². The number of aromatic nitrogens is 7. The number of nitrogens with two attached hydrogens (primary N) is 1. The maximum atomic E-state index is 14.3. The first-order valence-electron chi connectivity index (χ1n) is 20.2. The quantitative estimate of drug-likeness (QED) is 0.133. The van der Waals surface area contributed by atoms with Crippen molar-refractivity contribution in [3.8, 4) is 17.1 Å². The molecule has 23 heteroatoms. The number of aliphatic carboxylic acids is 1. The Morgan fingerprint density at radius 2 is 1.70 bits per heavy atom. The molecule has 0 bridgehead atoms. The molecule has 3 aliphatic heterocycles. The van der Waals surface area contributed by atoms with Crippen LogP contribution in [0.1, 0.15) is 39.5 Å². The number of halogens is 4. The molecule has 1 aromatic carbocycles. The fourth-order valence-electron chi connectivity index (χ4n) is 8.68. The first-order chi connectivity index (χ1) is 30.0. The molecule has 332 valence electrons. The number of alkyl halides is 3. The lowest BCUT2D eigenvalue weighted by molar-refractivity contribution is -0.929. The molecule has 0 saturated carbocycles. The summed E-state index contributed by atoms with van der Waals surface area (Å²) < 4.78 is 46.9. The average molecular weight is 895 g/mol. The van der Waals surface area contributed by atoms with Gasteiger partial charge in [0.15, 0.2) is 23.9 Å². The number of likely N-dealkylation sites (tertiary alicyclic amines) is 1. The van der Waals surface area contributed by atoms with Crippen molar-refractivity contribution in [3.63, 3.8) is 0 Å². The molecule has 0 radical (unpaired) electrons. The van der Waals surface area contributed by atoms with E-state index in [4.69, 9.17) is 17.3 Å². The molecule has 3 aliphatic rings. The molecule has 3 fully saturated rings. The summed E-state index contributed by atoms with van der Waals surface area (Å²) in [6.07, 6.45) is 1.46. The number of anilines is 1. The zero-order chi connectivity index (χ0) is 44.8. The van der Waals surface area contributed by atoms with Crippen molar-refractivity contribution in [2.75, 3.05) is 70.8 Å². The summed E-state index contributed by atoms with van der Waals surface area (Å²) in [5.41, 5.74) is 4.27. The molecule has 4 aromatic heterocycles. The fraction of sp³-hybridized carbons (Fsp3) is 0.425. The number of nitrogens with one attached hydrogen (secondary N) is 2. The summed E-state index contributed by atoms with van der Waals surface area (Å²) in [7, 11) is 1.38. The Balaban J connectivity index is 0.891. The van der Waals surface area contributed by atoms with Gasteiger partial charge >= 0.3 is 12.1 Å². The van der Waals surface area contributed by atoms with E-state index < -0.39 is 29.7 Å². The summed E-state index contributed by atoms with van der Waals surface area (Å²) in [5.74, 6) is -2.53. The van der Waals surface area contributed by atoms with E-state index in [1.807, 2.05) is 0 Å². The van der Waals surface area contributed by atoms with Gasteiger partial charge < -0.3 is 40.3 Å². The molecule has 5 N–H and O–H groups in total. The van der Waals surface area contributed by atoms with Crippen molar-refractivity contribution in [1.29, 1.82) is 0 Å². The number of carboxylic acids is 1. The van der Waals surface area contributed by atoms with E-state index >= 15 is 0 Å². The molecule has 4 amide bonds. The topological polar surface area (TPSA) is 228 Å². The lowest BCUT2D eigenvalue weighted by Gasteiger charge is -2.46.